The Hall–Kier alpha value is -2.52. The van der Waals surface area contributed by atoms with Crippen molar-refractivity contribution < 1.29 is 19.1 Å². The van der Waals surface area contributed by atoms with E-state index in [9.17, 15) is 14.4 Å². The molecule has 2 amide bonds. The molecule has 2 rings (SSSR count). The van der Waals surface area contributed by atoms with Gasteiger partial charge >= 0.3 is 0 Å². The van der Waals surface area contributed by atoms with Crippen molar-refractivity contribution in [2.45, 2.75) is 0 Å². The van der Waals surface area contributed by atoms with Crippen molar-refractivity contribution in [3.05, 3.63) is 35.4 Å². The molecule has 0 spiro atoms. The van der Waals surface area contributed by atoms with Gasteiger partial charge in [0, 0.05) is 5.56 Å². The summed E-state index contributed by atoms with van der Waals surface area (Å²) in [6.45, 7) is -0.675. The summed E-state index contributed by atoms with van der Waals surface area (Å²) in [7, 11) is 0. The summed E-state index contributed by atoms with van der Waals surface area (Å²) in [6.07, 6.45) is 0. The van der Waals surface area contributed by atoms with Crippen LogP contribution in [0, 0.1) is 11.3 Å². The summed E-state index contributed by atoms with van der Waals surface area (Å²) in [5, 5.41) is 8.65. The van der Waals surface area contributed by atoms with Crippen molar-refractivity contribution in [2.24, 2.45) is 0 Å². The van der Waals surface area contributed by atoms with Gasteiger partial charge in [-0.3, -0.25) is 19.3 Å². The molecular weight excluding hydrogens is 248 g/mol. The van der Waals surface area contributed by atoms with Crippen molar-refractivity contribution >= 4 is 17.6 Å². The lowest BCUT2D eigenvalue weighted by Crippen LogP contribution is -2.48. The molecule has 1 aliphatic rings. The normalized spacial score (nSPS) is 15.2. The molecule has 0 saturated carbocycles. The topological polar surface area (TPSA) is 87.5 Å². The molecule has 1 saturated heterocycles. The fourth-order valence-corrected chi connectivity index (χ4v) is 1.66. The Labute approximate surface area is 109 Å². The van der Waals surface area contributed by atoms with Gasteiger partial charge in [-0.2, -0.15) is 5.26 Å². The van der Waals surface area contributed by atoms with E-state index in [1.165, 1.54) is 24.3 Å². The van der Waals surface area contributed by atoms with E-state index >= 15 is 0 Å². The van der Waals surface area contributed by atoms with Gasteiger partial charge in [-0.05, 0) is 12.1 Å². The standard InChI is InChI=1S/C13H10N2O4/c14-5-9-1-3-10(4-2-9)11(16)6-15-12(17)7-19-8-13(15)18/h1-4H,6-8H2. The molecule has 1 aromatic carbocycles. The van der Waals surface area contributed by atoms with Crippen LogP contribution >= 0.6 is 0 Å². The second-order valence-electron chi connectivity index (χ2n) is 3.98. The molecule has 1 aromatic rings. The van der Waals surface area contributed by atoms with E-state index in [1.54, 1.807) is 0 Å². The minimum Gasteiger partial charge on any atom is -0.362 e. The molecular formula is C13H10N2O4. The van der Waals surface area contributed by atoms with Crippen LogP contribution in [0.15, 0.2) is 24.3 Å². The highest BCUT2D eigenvalue weighted by Gasteiger charge is 2.28. The number of Topliss-reactive ketones (excluding diaryl/α,β-unsaturated/α-hetero) is 1. The van der Waals surface area contributed by atoms with Gasteiger partial charge in [-0.1, -0.05) is 12.1 Å². The number of amides is 2. The molecule has 6 heteroatoms. The van der Waals surface area contributed by atoms with Gasteiger partial charge in [0.25, 0.3) is 11.8 Å². The minimum absolute atomic E-state index is 0.188. The molecule has 0 unspecified atom stereocenters. The second-order valence-corrected chi connectivity index (χ2v) is 3.98. The molecule has 1 heterocycles. The maximum Gasteiger partial charge on any atom is 0.255 e. The number of carbonyl (C=O) groups is 3. The van der Waals surface area contributed by atoms with Crippen LogP contribution in [0.3, 0.4) is 0 Å². The summed E-state index contributed by atoms with van der Waals surface area (Å²) in [5.74, 6) is -1.38. The van der Waals surface area contributed by atoms with Crippen LogP contribution < -0.4 is 0 Å². The Morgan fingerprint density at radius 1 is 1.21 bits per heavy atom. The van der Waals surface area contributed by atoms with E-state index in [4.69, 9.17) is 10.00 Å². The number of hydrogen-bond donors (Lipinski definition) is 0. The number of imide groups is 1. The number of morpholine rings is 1. The maximum absolute atomic E-state index is 11.9. The summed E-state index contributed by atoms with van der Waals surface area (Å²) in [4.78, 5) is 35.7. The van der Waals surface area contributed by atoms with Crippen LogP contribution in [0.4, 0.5) is 0 Å². The number of benzene rings is 1. The summed E-state index contributed by atoms with van der Waals surface area (Å²) >= 11 is 0. The average Bonchev–Trinajstić information content (AvgIpc) is 2.43. The zero-order valence-electron chi connectivity index (χ0n) is 9.96. The predicted molar refractivity (Wildman–Crippen MR) is 63.0 cm³/mol. The van der Waals surface area contributed by atoms with Crippen molar-refractivity contribution in [3.8, 4) is 6.07 Å². The molecule has 0 aliphatic carbocycles. The smallest absolute Gasteiger partial charge is 0.255 e. The molecule has 96 valence electrons. The number of nitriles is 1. The number of ketones is 1. The molecule has 19 heavy (non-hydrogen) atoms. The Morgan fingerprint density at radius 2 is 1.79 bits per heavy atom. The first kappa shape index (κ1) is 12.9. The molecule has 0 N–H and O–H groups in total. The lowest BCUT2D eigenvalue weighted by molar-refractivity contribution is -0.157. The van der Waals surface area contributed by atoms with Crippen LogP contribution in [0.5, 0.6) is 0 Å². The molecule has 0 bridgehead atoms. The zero-order chi connectivity index (χ0) is 13.8. The quantitative estimate of drug-likeness (QED) is 0.568. The zero-order valence-corrected chi connectivity index (χ0v) is 9.96. The lowest BCUT2D eigenvalue weighted by atomic mass is 10.1. The third-order valence-electron chi connectivity index (χ3n) is 2.69. The van der Waals surface area contributed by atoms with Gasteiger partial charge < -0.3 is 4.74 Å². The average molecular weight is 258 g/mol. The van der Waals surface area contributed by atoms with Crippen molar-refractivity contribution in [3.63, 3.8) is 0 Å². The number of rotatable bonds is 3. The van der Waals surface area contributed by atoms with E-state index in [-0.39, 0.29) is 25.5 Å². The molecule has 0 aromatic heterocycles. The van der Waals surface area contributed by atoms with Gasteiger partial charge in [0.1, 0.15) is 13.2 Å². The maximum atomic E-state index is 11.9. The fourth-order valence-electron chi connectivity index (χ4n) is 1.66. The molecule has 0 atom stereocenters. The van der Waals surface area contributed by atoms with Gasteiger partial charge in [0.15, 0.2) is 5.78 Å². The highest BCUT2D eigenvalue weighted by molar-refractivity contribution is 6.05. The highest BCUT2D eigenvalue weighted by atomic mass is 16.5. The summed E-state index contributed by atoms with van der Waals surface area (Å²) in [5.41, 5.74) is 0.793. The van der Waals surface area contributed by atoms with Gasteiger partial charge in [-0.15, -0.1) is 0 Å². The number of hydrogen-bond acceptors (Lipinski definition) is 5. The second kappa shape index (κ2) is 5.42. The Bertz CT molecular complexity index is 555. The van der Waals surface area contributed by atoms with Crippen LogP contribution in [-0.2, 0) is 14.3 Å². The van der Waals surface area contributed by atoms with Crippen molar-refractivity contribution in [1.29, 1.82) is 5.26 Å². The van der Waals surface area contributed by atoms with E-state index < -0.39 is 11.8 Å². The number of ether oxygens (including phenoxy) is 1. The van der Waals surface area contributed by atoms with Crippen molar-refractivity contribution in [1.82, 2.24) is 4.90 Å². The monoisotopic (exact) mass is 258 g/mol. The SMILES string of the molecule is N#Cc1ccc(C(=O)CN2C(=O)COCC2=O)cc1. The van der Waals surface area contributed by atoms with E-state index in [1.807, 2.05) is 6.07 Å². The molecule has 1 fully saturated rings. The highest BCUT2D eigenvalue weighted by Crippen LogP contribution is 2.07. The van der Waals surface area contributed by atoms with Gasteiger partial charge in [0.05, 0.1) is 18.2 Å². The lowest BCUT2D eigenvalue weighted by Gasteiger charge is -2.24. The minimum atomic E-state index is -0.516. The molecule has 1 aliphatic heterocycles. The third-order valence-corrected chi connectivity index (χ3v) is 2.69. The first-order valence-electron chi connectivity index (χ1n) is 5.56. The first-order valence-corrected chi connectivity index (χ1v) is 5.56. The van der Waals surface area contributed by atoms with E-state index in [2.05, 4.69) is 0 Å². The van der Waals surface area contributed by atoms with E-state index in [0.29, 0.717) is 11.1 Å². The summed E-state index contributed by atoms with van der Waals surface area (Å²) in [6, 6.07) is 7.95. The van der Waals surface area contributed by atoms with E-state index in [0.717, 1.165) is 4.90 Å². The summed E-state index contributed by atoms with van der Waals surface area (Å²) < 4.78 is 4.75. The molecule has 6 nitrogen and oxygen atoms in total. The van der Waals surface area contributed by atoms with Gasteiger partial charge in [0.2, 0.25) is 0 Å². The Balaban J connectivity index is 2.09. The van der Waals surface area contributed by atoms with Crippen molar-refractivity contribution in [2.75, 3.05) is 19.8 Å². The molecule has 0 radical (unpaired) electrons. The number of carbonyl (C=O) groups excluding carboxylic acids is 3. The van der Waals surface area contributed by atoms with Crippen LogP contribution in [0.2, 0.25) is 0 Å². The first-order chi connectivity index (χ1) is 9.11. The van der Waals surface area contributed by atoms with Crippen LogP contribution in [0.1, 0.15) is 15.9 Å². The largest absolute Gasteiger partial charge is 0.362 e. The fraction of sp³-hybridized carbons (Fsp3) is 0.231. The Morgan fingerprint density at radius 3 is 2.32 bits per heavy atom. The van der Waals surface area contributed by atoms with Crippen LogP contribution in [0.25, 0.3) is 0 Å². The third kappa shape index (κ3) is 2.84. The Kier molecular flexibility index (Phi) is 3.68. The number of nitrogens with zero attached hydrogens (tertiary/aromatic N) is 2. The van der Waals surface area contributed by atoms with Crippen LogP contribution in [-0.4, -0.2) is 42.3 Å². The van der Waals surface area contributed by atoms with Gasteiger partial charge in [-0.25, -0.2) is 0 Å². The predicted octanol–water partition coefficient (Wildman–Crippen LogP) is 0.126.